The van der Waals surface area contributed by atoms with Gasteiger partial charge in [-0.25, -0.2) is 9.37 Å². The first-order valence-corrected chi connectivity index (χ1v) is 12.3. The largest absolute Gasteiger partial charge is 0.481 e. The maximum atomic E-state index is 15.4. The van der Waals surface area contributed by atoms with Crippen LogP contribution < -0.4 is 10.9 Å². The lowest BCUT2D eigenvalue weighted by atomic mass is 9.97. The summed E-state index contributed by atoms with van der Waals surface area (Å²) in [6, 6.07) is 8.44. The molecule has 3 aromatic rings. The number of aromatic nitrogens is 2. The first-order valence-electron chi connectivity index (χ1n) is 12.3. The molecule has 1 aromatic carbocycles. The van der Waals surface area contributed by atoms with E-state index >= 15 is 4.39 Å². The molecule has 0 aliphatic heterocycles. The Bertz CT molecular complexity index is 1360. The molecule has 196 valence electrons. The molecule has 0 saturated carbocycles. The Labute approximate surface area is 216 Å². The normalized spacial score (nSPS) is 12.9. The molecule has 37 heavy (non-hydrogen) atoms. The summed E-state index contributed by atoms with van der Waals surface area (Å²) in [5, 5.41) is 12.3. The highest BCUT2D eigenvalue weighted by Crippen LogP contribution is 2.31. The van der Waals surface area contributed by atoms with Gasteiger partial charge in [0.2, 0.25) is 5.91 Å². The molecule has 1 amide bonds. The number of carboxylic acid groups (broad SMARTS) is 1. The van der Waals surface area contributed by atoms with Crippen molar-refractivity contribution in [3.05, 3.63) is 86.7 Å². The summed E-state index contributed by atoms with van der Waals surface area (Å²) in [6.07, 6.45) is 1.33. The number of aryl methyl sites for hydroxylation is 4. The van der Waals surface area contributed by atoms with E-state index in [2.05, 4.69) is 10.3 Å². The molecule has 0 unspecified atom stereocenters. The van der Waals surface area contributed by atoms with Gasteiger partial charge in [0.1, 0.15) is 11.9 Å². The molecule has 7 nitrogen and oxygen atoms in total. The van der Waals surface area contributed by atoms with Crippen LogP contribution in [0.2, 0.25) is 0 Å². The molecule has 0 spiro atoms. The van der Waals surface area contributed by atoms with Gasteiger partial charge >= 0.3 is 5.97 Å². The molecule has 8 heteroatoms. The molecule has 2 heterocycles. The fourth-order valence-electron chi connectivity index (χ4n) is 4.56. The summed E-state index contributed by atoms with van der Waals surface area (Å²) in [5.41, 5.74) is 3.79. The van der Waals surface area contributed by atoms with Crippen molar-refractivity contribution in [1.82, 2.24) is 14.9 Å². The number of carboxylic acids is 1. The van der Waals surface area contributed by atoms with E-state index in [1.807, 2.05) is 45.9 Å². The molecule has 0 aliphatic carbocycles. The van der Waals surface area contributed by atoms with E-state index in [0.717, 1.165) is 22.3 Å². The zero-order valence-electron chi connectivity index (χ0n) is 22.1. The number of carbonyl (C=O) groups excluding carboxylic acids is 1. The van der Waals surface area contributed by atoms with Crippen molar-refractivity contribution in [2.24, 2.45) is 5.92 Å². The number of rotatable bonds is 9. The van der Waals surface area contributed by atoms with E-state index in [4.69, 9.17) is 0 Å². The van der Waals surface area contributed by atoms with Gasteiger partial charge in [-0.1, -0.05) is 32.0 Å². The molecule has 2 N–H and O–H groups in total. The fourth-order valence-corrected chi connectivity index (χ4v) is 4.56. The van der Waals surface area contributed by atoms with Crippen LogP contribution in [0.3, 0.4) is 0 Å². The van der Waals surface area contributed by atoms with Crippen molar-refractivity contribution in [2.45, 2.75) is 66.5 Å². The lowest BCUT2D eigenvalue weighted by Gasteiger charge is -2.25. The van der Waals surface area contributed by atoms with Crippen LogP contribution >= 0.6 is 0 Å². The molecular formula is C29H34FN3O4. The highest BCUT2D eigenvalue weighted by Gasteiger charge is 2.30. The number of aliphatic carboxylic acids is 1. The lowest BCUT2D eigenvalue weighted by Crippen LogP contribution is -2.40. The average Bonchev–Trinajstić information content (AvgIpc) is 2.79. The van der Waals surface area contributed by atoms with Crippen molar-refractivity contribution in [1.29, 1.82) is 0 Å². The lowest BCUT2D eigenvalue weighted by molar-refractivity contribution is -0.138. The summed E-state index contributed by atoms with van der Waals surface area (Å²) < 4.78 is 16.8. The molecular weight excluding hydrogens is 473 g/mol. The van der Waals surface area contributed by atoms with E-state index in [1.165, 1.54) is 10.6 Å². The summed E-state index contributed by atoms with van der Waals surface area (Å²) >= 11 is 0. The smallest absolute Gasteiger partial charge is 0.305 e. The predicted molar refractivity (Wildman–Crippen MR) is 141 cm³/mol. The Morgan fingerprint density at radius 3 is 2.27 bits per heavy atom. The molecule has 0 radical (unpaired) electrons. The van der Waals surface area contributed by atoms with Crippen LogP contribution in [0.15, 0.2) is 47.4 Å². The van der Waals surface area contributed by atoms with Crippen molar-refractivity contribution >= 4 is 11.9 Å². The minimum absolute atomic E-state index is 0.0614. The van der Waals surface area contributed by atoms with Crippen molar-refractivity contribution in [2.75, 3.05) is 0 Å². The summed E-state index contributed by atoms with van der Waals surface area (Å²) in [7, 11) is 0. The maximum absolute atomic E-state index is 15.4. The van der Waals surface area contributed by atoms with Gasteiger partial charge in [-0.3, -0.25) is 14.4 Å². The quantitative estimate of drug-likeness (QED) is 0.414. The van der Waals surface area contributed by atoms with Gasteiger partial charge in [-0.05, 0) is 74.4 Å². The van der Waals surface area contributed by atoms with Gasteiger partial charge in [0.25, 0.3) is 5.56 Å². The second-order valence-corrected chi connectivity index (χ2v) is 10.0. The third-order valence-corrected chi connectivity index (χ3v) is 6.36. The number of halogens is 1. The van der Waals surface area contributed by atoms with Gasteiger partial charge in [0.05, 0.1) is 23.9 Å². The highest BCUT2D eigenvalue weighted by molar-refractivity contribution is 5.81. The van der Waals surface area contributed by atoms with Crippen LogP contribution in [0.25, 0.3) is 11.3 Å². The van der Waals surface area contributed by atoms with Crippen LogP contribution in [0.5, 0.6) is 0 Å². The first kappa shape index (κ1) is 27.8. The number of carbonyl (C=O) groups is 2. The minimum Gasteiger partial charge on any atom is -0.481 e. The maximum Gasteiger partial charge on any atom is 0.305 e. The van der Waals surface area contributed by atoms with Crippen molar-refractivity contribution < 1.29 is 19.1 Å². The molecule has 2 aromatic heterocycles. The predicted octanol–water partition coefficient (Wildman–Crippen LogP) is 5.20. The van der Waals surface area contributed by atoms with Gasteiger partial charge in [-0.15, -0.1) is 0 Å². The van der Waals surface area contributed by atoms with E-state index in [0.29, 0.717) is 17.7 Å². The summed E-state index contributed by atoms with van der Waals surface area (Å²) in [5.74, 6) is -2.39. The zero-order chi connectivity index (χ0) is 27.4. The van der Waals surface area contributed by atoms with Crippen molar-refractivity contribution in [3.63, 3.8) is 0 Å². The number of nitrogens with one attached hydrogen (secondary N) is 1. The van der Waals surface area contributed by atoms with Gasteiger partial charge < -0.3 is 15.0 Å². The monoisotopic (exact) mass is 507 g/mol. The van der Waals surface area contributed by atoms with Crippen LogP contribution in [-0.2, 0) is 9.59 Å². The van der Waals surface area contributed by atoms with Gasteiger partial charge in [0, 0.05) is 17.8 Å². The molecule has 0 saturated heterocycles. The molecule has 0 fully saturated rings. The zero-order valence-corrected chi connectivity index (χ0v) is 22.1. The topological polar surface area (TPSA) is 101 Å². The minimum atomic E-state index is -1.23. The highest BCUT2D eigenvalue weighted by atomic mass is 19.1. The second-order valence-electron chi connectivity index (χ2n) is 10.0. The van der Waals surface area contributed by atoms with E-state index in [9.17, 15) is 19.5 Å². The molecule has 2 atom stereocenters. The fraction of sp³-hybridized carbons (Fsp3) is 0.379. The Morgan fingerprint density at radius 2 is 1.70 bits per heavy atom. The number of benzene rings is 1. The second kappa shape index (κ2) is 11.5. The Morgan fingerprint density at radius 1 is 1.05 bits per heavy atom. The summed E-state index contributed by atoms with van der Waals surface area (Å²) in [6.45, 7) is 11.1. The first-order chi connectivity index (χ1) is 17.4. The van der Waals surface area contributed by atoms with Crippen LogP contribution in [-0.4, -0.2) is 26.5 Å². The van der Waals surface area contributed by atoms with E-state index < -0.39 is 36.2 Å². The number of nitrogens with zero attached hydrogens (tertiary/aromatic N) is 2. The SMILES string of the molecule is Cc1ccn([C@@H](CC(C)C)C(=O)N[C@@H](CC(=O)O)c2nc(-c3c(C)cccc3C)cc(C)c2F)c(=O)c1. The van der Waals surface area contributed by atoms with E-state index in [1.54, 1.807) is 32.2 Å². The van der Waals surface area contributed by atoms with E-state index in [-0.39, 0.29) is 17.2 Å². The van der Waals surface area contributed by atoms with Gasteiger partial charge in [0.15, 0.2) is 0 Å². The van der Waals surface area contributed by atoms with Gasteiger partial charge in [-0.2, -0.15) is 0 Å². The van der Waals surface area contributed by atoms with Crippen molar-refractivity contribution in [3.8, 4) is 11.3 Å². The number of hydrogen-bond acceptors (Lipinski definition) is 4. The Hall–Kier alpha value is -3.81. The summed E-state index contributed by atoms with van der Waals surface area (Å²) in [4.78, 5) is 42.5. The van der Waals surface area contributed by atoms with Crippen LogP contribution in [0.1, 0.15) is 66.7 Å². The van der Waals surface area contributed by atoms with Crippen LogP contribution in [0.4, 0.5) is 4.39 Å². The third-order valence-electron chi connectivity index (χ3n) is 6.36. The Kier molecular flexibility index (Phi) is 8.63. The molecule has 3 rings (SSSR count). The standard InChI is InChI=1S/C29H34FN3O4/c1-16(2)12-23(33-11-10-17(3)13-24(33)34)29(37)32-22(15-25(35)36)28-27(30)20(6)14-21(31-28)26-18(4)8-7-9-19(26)5/h7-11,13-14,16,22-23H,12,15H2,1-6H3,(H,32,37)(H,35,36)/t22-,23-/m0/s1. The van der Waals surface area contributed by atoms with Crippen LogP contribution in [0, 0.1) is 39.4 Å². The third kappa shape index (κ3) is 6.50. The number of hydrogen-bond donors (Lipinski definition) is 2. The number of pyridine rings is 2. The molecule has 0 bridgehead atoms. The molecule has 0 aliphatic rings. The number of amides is 1. The Balaban J connectivity index is 2.09. The average molecular weight is 508 g/mol.